The lowest BCUT2D eigenvalue weighted by atomic mass is 10.1. The standard InChI is InChI=1S/C20H16Cl2N2OS/c21-18-8-7-17(19(22)10-18)11-23-24-20(25)13-26-12-14-5-6-15-3-1-2-4-16(15)9-14/h1-11H,12-13H2,(H,24,25)/b23-11-. The van der Waals surface area contributed by atoms with Gasteiger partial charge >= 0.3 is 0 Å². The van der Waals surface area contributed by atoms with Gasteiger partial charge in [0.25, 0.3) is 0 Å². The van der Waals surface area contributed by atoms with Crippen LogP contribution in [0.25, 0.3) is 10.8 Å². The van der Waals surface area contributed by atoms with Gasteiger partial charge in [-0.2, -0.15) is 5.10 Å². The summed E-state index contributed by atoms with van der Waals surface area (Å²) in [5, 5.41) is 7.40. The first-order valence-electron chi connectivity index (χ1n) is 7.94. The zero-order chi connectivity index (χ0) is 18.4. The van der Waals surface area contributed by atoms with Crippen molar-refractivity contribution in [2.24, 2.45) is 5.10 Å². The van der Waals surface area contributed by atoms with Crippen molar-refractivity contribution in [1.82, 2.24) is 5.43 Å². The highest BCUT2D eigenvalue weighted by atomic mass is 35.5. The summed E-state index contributed by atoms with van der Waals surface area (Å²) in [6.07, 6.45) is 1.50. The molecule has 0 saturated carbocycles. The number of nitrogens with one attached hydrogen (secondary N) is 1. The van der Waals surface area contributed by atoms with Gasteiger partial charge in [-0.25, -0.2) is 5.43 Å². The second kappa shape index (κ2) is 9.08. The van der Waals surface area contributed by atoms with E-state index in [1.807, 2.05) is 12.1 Å². The highest BCUT2D eigenvalue weighted by Gasteiger charge is 2.03. The van der Waals surface area contributed by atoms with E-state index in [9.17, 15) is 4.79 Å². The molecule has 26 heavy (non-hydrogen) atoms. The number of benzene rings is 3. The number of amides is 1. The van der Waals surface area contributed by atoms with E-state index in [4.69, 9.17) is 23.2 Å². The maximum atomic E-state index is 11.9. The molecule has 132 valence electrons. The fraction of sp³-hybridized carbons (Fsp3) is 0.100. The molecule has 0 saturated heterocycles. The van der Waals surface area contributed by atoms with Crippen LogP contribution in [0.15, 0.2) is 65.8 Å². The number of thioether (sulfide) groups is 1. The van der Waals surface area contributed by atoms with Crippen molar-refractivity contribution >= 4 is 57.9 Å². The van der Waals surface area contributed by atoms with Crippen molar-refractivity contribution in [3.05, 3.63) is 81.8 Å². The largest absolute Gasteiger partial charge is 0.272 e. The van der Waals surface area contributed by atoms with Crippen LogP contribution in [0.3, 0.4) is 0 Å². The maximum Gasteiger partial charge on any atom is 0.250 e. The number of hydrazone groups is 1. The van der Waals surface area contributed by atoms with Gasteiger partial charge in [0.2, 0.25) is 5.91 Å². The lowest BCUT2D eigenvalue weighted by Crippen LogP contribution is -2.19. The predicted octanol–water partition coefficient (Wildman–Crippen LogP) is 5.53. The Morgan fingerprint density at radius 1 is 1.04 bits per heavy atom. The first-order valence-corrected chi connectivity index (χ1v) is 9.85. The third-order valence-corrected chi connectivity index (χ3v) is 5.24. The van der Waals surface area contributed by atoms with Gasteiger partial charge in [0, 0.05) is 16.3 Å². The van der Waals surface area contributed by atoms with E-state index in [2.05, 4.69) is 40.9 Å². The summed E-state index contributed by atoms with van der Waals surface area (Å²) < 4.78 is 0. The number of fused-ring (bicyclic) bond motifs is 1. The van der Waals surface area contributed by atoms with Gasteiger partial charge in [-0.05, 0) is 28.5 Å². The zero-order valence-electron chi connectivity index (χ0n) is 13.8. The first-order chi connectivity index (χ1) is 12.6. The molecule has 0 aliphatic heterocycles. The third-order valence-electron chi connectivity index (χ3n) is 3.67. The fourth-order valence-electron chi connectivity index (χ4n) is 2.40. The van der Waals surface area contributed by atoms with Crippen LogP contribution in [-0.2, 0) is 10.5 Å². The topological polar surface area (TPSA) is 41.5 Å². The molecule has 3 rings (SSSR count). The average molecular weight is 403 g/mol. The summed E-state index contributed by atoms with van der Waals surface area (Å²) in [5.41, 5.74) is 4.39. The molecule has 3 aromatic carbocycles. The quantitative estimate of drug-likeness (QED) is 0.434. The Labute approximate surface area is 166 Å². The molecule has 0 spiro atoms. The number of rotatable bonds is 6. The van der Waals surface area contributed by atoms with Crippen LogP contribution in [0.5, 0.6) is 0 Å². The maximum absolute atomic E-state index is 11.9. The van der Waals surface area contributed by atoms with Gasteiger partial charge in [-0.1, -0.05) is 71.7 Å². The molecule has 0 atom stereocenters. The monoisotopic (exact) mass is 402 g/mol. The van der Waals surface area contributed by atoms with Crippen LogP contribution in [0.1, 0.15) is 11.1 Å². The molecule has 0 heterocycles. The molecule has 0 bridgehead atoms. The predicted molar refractivity (Wildman–Crippen MR) is 112 cm³/mol. The van der Waals surface area contributed by atoms with E-state index < -0.39 is 0 Å². The molecule has 0 fully saturated rings. The Kier molecular flexibility index (Phi) is 6.56. The van der Waals surface area contributed by atoms with E-state index in [1.54, 1.807) is 30.0 Å². The molecule has 0 aliphatic rings. The highest BCUT2D eigenvalue weighted by Crippen LogP contribution is 2.20. The summed E-state index contributed by atoms with van der Waals surface area (Å²) in [6, 6.07) is 19.7. The molecular formula is C20H16Cl2N2OS. The van der Waals surface area contributed by atoms with Crippen molar-refractivity contribution in [1.29, 1.82) is 0 Å². The molecule has 0 unspecified atom stereocenters. The van der Waals surface area contributed by atoms with Crippen LogP contribution in [0.4, 0.5) is 0 Å². The van der Waals surface area contributed by atoms with Crippen LogP contribution < -0.4 is 5.43 Å². The van der Waals surface area contributed by atoms with Gasteiger partial charge < -0.3 is 0 Å². The van der Waals surface area contributed by atoms with Crippen molar-refractivity contribution in [3.63, 3.8) is 0 Å². The molecule has 1 amide bonds. The van der Waals surface area contributed by atoms with Gasteiger partial charge in [0.1, 0.15) is 0 Å². The summed E-state index contributed by atoms with van der Waals surface area (Å²) in [5.74, 6) is 0.945. The van der Waals surface area contributed by atoms with E-state index >= 15 is 0 Å². The summed E-state index contributed by atoms with van der Waals surface area (Å²) in [4.78, 5) is 11.9. The van der Waals surface area contributed by atoms with Crippen molar-refractivity contribution in [2.45, 2.75) is 5.75 Å². The average Bonchev–Trinajstić information content (AvgIpc) is 2.63. The first kappa shape index (κ1) is 18.8. The van der Waals surface area contributed by atoms with Gasteiger partial charge in [-0.15, -0.1) is 11.8 Å². The van der Waals surface area contributed by atoms with E-state index in [1.165, 1.54) is 22.6 Å². The second-order valence-electron chi connectivity index (χ2n) is 5.63. The van der Waals surface area contributed by atoms with Crippen molar-refractivity contribution in [3.8, 4) is 0 Å². The highest BCUT2D eigenvalue weighted by molar-refractivity contribution is 7.99. The molecule has 0 aliphatic carbocycles. The Balaban J connectivity index is 1.47. The van der Waals surface area contributed by atoms with Gasteiger partial charge in [-0.3, -0.25) is 4.79 Å². The number of carbonyl (C=O) groups is 1. The smallest absolute Gasteiger partial charge is 0.250 e. The van der Waals surface area contributed by atoms with Gasteiger partial charge in [0.15, 0.2) is 0 Å². The number of halogens is 2. The zero-order valence-corrected chi connectivity index (χ0v) is 16.1. The Morgan fingerprint density at radius 2 is 1.85 bits per heavy atom. The number of nitrogens with zero attached hydrogens (tertiary/aromatic N) is 1. The molecule has 6 heteroatoms. The van der Waals surface area contributed by atoms with Crippen molar-refractivity contribution < 1.29 is 4.79 Å². The summed E-state index contributed by atoms with van der Waals surface area (Å²) >= 11 is 13.4. The normalized spacial score (nSPS) is 11.2. The lowest BCUT2D eigenvalue weighted by Gasteiger charge is -2.04. The van der Waals surface area contributed by atoms with Crippen LogP contribution in [-0.4, -0.2) is 17.9 Å². The Bertz CT molecular complexity index is 959. The molecule has 3 aromatic rings. The lowest BCUT2D eigenvalue weighted by molar-refractivity contribution is -0.118. The number of carbonyl (C=O) groups excluding carboxylic acids is 1. The van der Waals surface area contributed by atoms with Gasteiger partial charge in [0.05, 0.1) is 17.0 Å². The fourth-order valence-corrected chi connectivity index (χ4v) is 3.63. The second-order valence-corrected chi connectivity index (χ2v) is 7.46. The molecule has 0 radical (unpaired) electrons. The number of hydrogen-bond donors (Lipinski definition) is 1. The van der Waals surface area contributed by atoms with Crippen LogP contribution >= 0.6 is 35.0 Å². The van der Waals surface area contributed by atoms with Crippen LogP contribution in [0.2, 0.25) is 10.0 Å². The minimum absolute atomic E-state index is 0.155. The summed E-state index contributed by atoms with van der Waals surface area (Å²) in [6.45, 7) is 0. The SMILES string of the molecule is O=C(CSCc1ccc2ccccc2c1)N/N=C\c1ccc(Cl)cc1Cl. The van der Waals surface area contributed by atoms with E-state index in [0.29, 0.717) is 21.4 Å². The molecule has 3 nitrogen and oxygen atoms in total. The van der Waals surface area contributed by atoms with E-state index in [-0.39, 0.29) is 5.91 Å². The molecule has 1 N–H and O–H groups in total. The van der Waals surface area contributed by atoms with Crippen molar-refractivity contribution in [2.75, 3.05) is 5.75 Å². The minimum atomic E-state index is -0.155. The molecule has 0 aromatic heterocycles. The number of hydrogen-bond acceptors (Lipinski definition) is 3. The van der Waals surface area contributed by atoms with E-state index in [0.717, 1.165) is 5.75 Å². The third kappa shape index (κ3) is 5.24. The molecular weight excluding hydrogens is 387 g/mol. The Hall–Kier alpha value is -2.01. The Morgan fingerprint density at radius 3 is 2.65 bits per heavy atom. The van der Waals surface area contributed by atoms with Crippen LogP contribution in [0, 0.1) is 0 Å². The minimum Gasteiger partial charge on any atom is -0.272 e. The summed E-state index contributed by atoms with van der Waals surface area (Å²) in [7, 11) is 0.